The molecule has 3 nitrogen and oxygen atoms in total. The first kappa shape index (κ1) is 11.7. The summed E-state index contributed by atoms with van der Waals surface area (Å²) in [5.74, 6) is 2.10. The highest BCUT2D eigenvalue weighted by Crippen LogP contribution is 2.23. The average molecular weight is 237 g/mol. The second-order valence-corrected chi connectivity index (χ2v) is 5.65. The van der Waals surface area contributed by atoms with Crippen molar-refractivity contribution in [2.24, 2.45) is 0 Å². The first-order valence-electron chi connectivity index (χ1n) is 6.03. The Morgan fingerprint density at radius 3 is 2.94 bits per heavy atom. The molecule has 0 radical (unpaired) electrons. The summed E-state index contributed by atoms with van der Waals surface area (Å²) in [6.45, 7) is 4.44. The van der Waals surface area contributed by atoms with Gasteiger partial charge in [0, 0.05) is 30.7 Å². The van der Waals surface area contributed by atoms with Crippen LogP contribution in [0, 0.1) is 0 Å². The Morgan fingerprint density at radius 1 is 1.38 bits per heavy atom. The van der Waals surface area contributed by atoms with E-state index in [1.54, 1.807) is 0 Å². The van der Waals surface area contributed by atoms with Crippen molar-refractivity contribution in [3.63, 3.8) is 0 Å². The van der Waals surface area contributed by atoms with Gasteiger partial charge in [-0.25, -0.2) is 9.97 Å². The van der Waals surface area contributed by atoms with Gasteiger partial charge < -0.3 is 4.90 Å². The first-order valence-corrected chi connectivity index (χ1v) is 7.08. The second kappa shape index (κ2) is 6.09. The maximum absolute atomic E-state index is 4.34. The topological polar surface area (TPSA) is 29.0 Å². The zero-order chi connectivity index (χ0) is 11.2. The molecular formula is C12H19N3S. The molecule has 1 fully saturated rings. The van der Waals surface area contributed by atoms with Gasteiger partial charge in [0.1, 0.15) is 0 Å². The monoisotopic (exact) mass is 237 g/mol. The highest BCUT2D eigenvalue weighted by Gasteiger charge is 2.19. The van der Waals surface area contributed by atoms with Gasteiger partial charge in [-0.05, 0) is 24.7 Å². The molecule has 0 N–H and O–H groups in total. The standard InChI is InChI=1S/C12H19N3S/c1-2-16-11-6-3-4-9-15(10-11)12-13-7-5-8-14-12/h5,7-8,11H,2-4,6,9-10H2,1H3. The van der Waals surface area contributed by atoms with Gasteiger partial charge in [0.15, 0.2) is 0 Å². The number of nitrogens with zero attached hydrogens (tertiary/aromatic N) is 3. The molecule has 1 aliphatic rings. The molecule has 1 aromatic rings. The lowest BCUT2D eigenvalue weighted by Gasteiger charge is -2.23. The van der Waals surface area contributed by atoms with Gasteiger partial charge in [-0.1, -0.05) is 13.3 Å². The van der Waals surface area contributed by atoms with Crippen molar-refractivity contribution < 1.29 is 0 Å². The minimum Gasteiger partial charge on any atom is -0.340 e. The number of aromatic nitrogens is 2. The molecule has 1 aliphatic heterocycles. The summed E-state index contributed by atoms with van der Waals surface area (Å²) in [6, 6.07) is 1.87. The van der Waals surface area contributed by atoms with E-state index in [1.807, 2.05) is 18.5 Å². The molecule has 1 unspecified atom stereocenters. The van der Waals surface area contributed by atoms with E-state index in [4.69, 9.17) is 0 Å². The van der Waals surface area contributed by atoms with E-state index in [0.717, 1.165) is 24.3 Å². The minimum absolute atomic E-state index is 0.747. The lowest BCUT2D eigenvalue weighted by molar-refractivity contribution is 0.735. The van der Waals surface area contributed by atoms with Crippen LogP contribution in [-0.4, -0.2) is 34.1 Å². The normalized spacial score (nSPS) is 21.8. The summed E-state index contributed by atoms with van der Waals surface area (Å²) in [5.41, 5.74) is 0. The third-order valence-corrected chi connectivity index (χ3v) is 4.06. The van der Waals surface area contributed by atoms with Crippen LogP contribution in [0.25, 0.3) is 0 Å². The van der Waals surface area contributed by atoms with E-state index in [1.165, 1.54) is 25.0 Å². The smallest absolute Gasteiger partial charge is 0.225 e. The van der Waals surface area contributed by atoms with Crippen LogP contribution in [0.2, 0.25) is 0 Å². The molecule has 4 heteroatoms. The molecule has 0 aliphatic carbocycles. The molecule has 1 saturated heterocycles. The van der Waals surface area contributed by atoms with Crippen molar-refractivity contribution in [3.05, 3.63) is 18.5 Å². The van der Waals surface area contributed by atoms with Crippen LogP contribution in [-0.2, 0) is 0 Å². The van der Waals surface area contributed by atoms with Crippen molar-refractivity contribution in [1.29, 1.82) is 0 Å². The molecule has 0 bridgehead atoms. The second-order valence-electron chi connectivity index (χ2n) is 4.07. The highest BCUT2D eigenvalue weighted by molar-refractivity contribution is 7.99. The van der Waals surface area contributed by atoms with Crippen molar-refractivity contribution in [3.8, 4) is 0 Å². The van der Waals surface area contributed by atoms with Gasteiger partial charge in [0.05, 0.1) is 0 Å². The molecule has 1 atom stereocenters. The molecule has 1 aromatic heterocycles. The predicted octanol–water partition coefficient (Wildman–Crippen LogP) is 2.59. The number of rotatable bonds is 3. The van der Waals surface area contributed by atoms with Gasteiger partial charge in [0.2, 0.25) is 5.95 Å². The summed E-state index contributed by atoms with van der Waals surface area (Å²) in [6.07, 6.45) is 7.59. The van der Waals surface area contributed by atoms with Crippen LogP contribution in [0.5, 0.6) is 0 Å². The Bertz CT molecular complexity index is 304. The number of hydrogen-bond donors (Lipinski definition) is 0. The highest BCUT2D eigenvalue weighted by atomic mass is 32.2. The molecule has 0 amide bonds. The first-order chi connectivity index (χ1) is 7.90. The fourth-order valence-corrected chi connectivity index (χ4v) is 3.20. The van der Waals surface area contributed by atoms with Crippen molar-refractivity contribution in [2.45, 2.75) is 31.4 Å². The fraction of sp³-hybridized carbons (Fsp3) is 0.667. The van der Waals surface area contributed by atoms with E-state index in [0.29, 0.717) is 0 Å². The maximum Gasteiger partial charge on any atom is 0.225 e. The lowest BCUT2D eigenvalue weighted by atomic mass is 10.2. The average Bonchev–Trinajstić information content (AvgIpc) is 2.56. The quantitative estimate of drug-likeness (QED) is 0.808. The number of thioether (sulfide) groups is 1. The molecular weight excluding hydrogens is 218 g/mol. The van der Waals surface area contributed by atoms with E-state index in [2.05, 4.69) is 33.6 Å². The Kier molecular flexibility index (Phi) is 4.45. The van der Waals surface area contributed by atoms with Crippen LogP contribution in [0.4, 0.5) is 5.95 Å². The Balaban J connectivity index is 2.03. The Labute approximate surface area is 102 Å². The van der Waals surface area contributed by atoms with Gasteiger partial charge >= 0.3 is 0 Å². The lowest BCUT2D eigenvalue weighted by Crippen LogP contribution is -2.31. The Morgan fingerprint density at radius 2 is 2.19 bits per heavy atom. The third-order valence-electron chi connectivity index (χ3n) is 2.87. The van der Waals surface area contributed by atoms with E-state index in [9.17, 15) is 0 Å². The van der Waals surface area contributed by atoms with Gasteiger partial charge in [-0.15, -0.1) is 0 Å². The summed E-state index contributed by atoms with van der Waals surface area (Å²) in [7, 11) is 0. The molecule has 0 saturated carbocycles. The fourth-order valence-electron chi connectivity index (χ4n) is 2.11. The van der Waals surface area contributed by atoms with E-state index < -0.39 is 0 Å². The minimum atomic E-state index is 0.747. The molecule has 16 heavy (non-hydrogen) atoms. The van der Waals surface area contributed by atoms with E-state index >= 15 is 0 Å². The predicted molar refractivity (Wildman–Crippen MR) is 70.0 cm³/mol. The van der Waals surface area contributed by atoms with Crippen molar-refractivity contribution >= 4 is 17.7 Å². The van der Waals surface area contributed by atoms with Gasteiger partial charge in [-0.2, -0.15) is 11.8 Å². The van der Waals surface area contributed by atoms with Crippen molar-refractivity contribution in [2.75, 3.05) is 23.7 Å². The largest absolute Gasteiger partial charge is 0.340 e. The zero-order valence-corrected chi connectivity index (χ0v) is 10.6. The summed E-state index contributed by atoms with van der Waals surface area (Å²) < 4.78 is 0. The van der Waals surface area contributed by atoms with Crippen LogP contribution in [0.1, 0.15) is 26.2 Å². The van der Waals surface area contributed by atoms with Crippen molar-refractivity contribution in [1.82, 2.24) is 9.97 Å². The summed E-state index contributed by atoms with van der Waals surface area (Å²) in [4.78, 5) is 11.0. The van der Waals surface area contributed by atoms with Gasteiger partial charge in [0.25, 0.3) is 0 Å². The summed E-state index contributed by atoms with van der Waals surface area (Å²) >= 11 is 2.07. The molecule has 2 rings (SSSR count). The maximum atomic E-state index is 4.34. The zero-order valence-electron chi connectivity index (χ0n) is 9.80. The molecule has 0 aromatic carbocycles. The molecule has 0 spiro atoms. The van der Waals surface area contributed by atoms with Crippen LogP contribution >= 0.6 is 11.8 Å². The van der Waals surface area contributed by atoms with Crippen LogP contribution in [0.15, 0.2) is 18.5 Å². The molecule has 2 heterocycles. The number of hydrogen-bond acceptors (Lipinski definition) is 4. The molecule has 88 valence electrons. The van der Waals surface area contributed by atoms with Crippen LogP contribution in [0.3, 0.4) is 0 Å². The third kappa shape index (κ3) is 3.11. The summed E-state index contributed by atoms with van der Waals surface area (Å²) in [5, 5.41) is 0.747. The number of anilines is 1. The Hall–Kier alpha value is -0.770. The van der Waals surface area contributed by atoms with Crippen LogP contribution < -0.4 is 4.90 Å². The van der Waals surface area contributed by atoms with E-state index in [-0.39, 0.29) is 0 Å². The SMILES string of the molecule is CCSC1CCCCN(c2ncccn2)C1. The van der Waals surface area contributed by atoms with Gasteiger partial charge in [-0.3, -0.25) is 0 Å².